The minimum Gasteiger partial charge on any atom is -0.454 e. The molecule has 0 spiro atoms. The van der Waals surface area contributed by atoms with E-state index >= 15 is 0 Å². The van der Waals surface area contributed by atoms with Crippen LogP contribution < -0.4 is 9.47 Å². The number of thiocarbonyl (C=S) groups is 1. The quantitative estimate of drug-likeness (QED) is 0.447. The SMILES string of the molecule is Cc1ccc(C(=O)N2C(=O)/C(=C\c3ccc4c(c3)OCO4)SC2=S)cc1. The summed E-state index contributed by atoms with van der Waals surface area (Å²) in [5.41, 5.74) is 2.24. The lowest BCUT2D eigenvalue weighted by Crippen LogP contribution is -2.34. The Bertz CT molecular complexity index is 966. The summed E-state index contributed by atoms with van der Waals surface area (Å²) < 4.78 is 10.9. The van der Waals surface area contributed by atoms with E-state index < -0.39 is 11.8 Å². The summed E-state index contributed by atoms with van der Waals surface area (Å²) in [6.07, 6.45) is 1.70. The maximum atomic E-state index is 12.7. The molecule has 0 saturated carbocycles. The lowest BCUT2D eigenvalue weighted by Gasteiger charge is -2.12. The van der Waals surface area contributed by atoms with Crippen molar-refractivity contribution in [2.45, 2.75) is 6.92 Å². The van der Waals surface area contributed by atoms with E-state index in [9.17, 15) is 9.59 Å². The number of imide groups is 1. The first-order valence-corrected chi connectivity index (χ1v) is 9.04. The highest BCUT2D eigenvalue weighted by molar-refractivity contribution is 8.26. The van der Waals surface area contributed by atoms with E-state index in [4.69, 9.17) is 21.7 Å². The Morgan fingerprint density at radius 3 is 2.65 bits per heavy atom. The lowest BCUT2D eigenvalue weighted by molar-refractivity contribution is -0.120. The van der Waals surface area contributed by atoms with Crippen LogP contribution in [0.15, 0.2) is 47.4 Å². The summed E-state index contributed by atoms with van der Waals surface area (Å²) >= 11 is 6.37. The normalized spacial score (nSPS) is 17.3. The highest BCUT2D eigenvalue weighted by Gasteiger charge is 2.37. The van der Waals surface area contributed by atoms with Gasteiger partial charge in [0.05, 0.1) is 4.91 Å². The number of rotatable bonds is 2. The zero-order valence-corrected chi connectivity index (χ0v) is 15.4. The number of fused-ring (bicyclic) bond motifs is 1. The topological polar surface area (TPSA) is 55.8 Å². The summed E-state index contributed by atoms with van der Waals surface area (Å²) in [6, 6.07) is 12.4. The van der Waals surface area contributed by atoms with E-state index in [-0.39, 0.29) is 11.1 Å². The Morgan fingerprint density at radius 1 is 1.15 bits per heavy atom. The monoisotopic (exact) mass is 383 g/mol. The van der Waals surface area contributed by atoms with Gasteiger partial charge in [0.2, 0.25) is 6.79 Å². The molecule has 130 valence electrons. The molecule has 2 aromatic carbocycles. The Morgan fingerprint density at radius 2 is 1.88 bits per heavy atom. The van der Waals surface area contributed by atoms with Crippen LogP contribution in [0.4, 0.5) is 0 Å². The maximum absolute atomic E-state index is 12.7. The Kier molecular flexibility index (Phi) is 4.26. The standard InChI is InChI=1S/C19H13NO4S2/c1-11-2-5-13(6-3-11)17(21)20-18(22)16(26-19(20)25)9-12-4-7-14-15(8-12)24-10-23-14/h2-9H,10H2,1H3/b16-9+. The summed E-state index contributed by atoms with van der Waals surface area (Å²) in [5, 5.41) is 0. The van der Waals surface area contributed by atoms with E-state index in [1.54, 1.807) is 30.3 Å². The lowest BCUT2D eigenvalue weighted by atomic mass is 10.1. The van der Waals surface area contributed by atoms with Crippen molar-refractivity contribution in [1.82, 2.24) is 4.90 Å². The molecule has 2 aliphatic rings. The van der Waals surface area contributed by atoms with Gasteiger partial charge in [-0.15, -0.1) is 0 Å². The molecule has 0 radical (unpaired) electrons. The molecule has 2 aromatic rings. The molecule has 0 atom stereocenters. The zero-order valence-electron chi connectivity index (χ0n) is 13.7. The summed E-state index contributed by atoms with van der Waals surface area (Å²) in [7, 11) is 0. The fourth-order valence-electron chi connectivity index (χ4n) is 2.62. The number of thioether (sulfide) groups is 1. The molecule has 1 saturated heterocycles. The van der Waals surface area contributed by atoms with Crippen LogP contribution in [0.3, 0.4) is 0 Å². The van der Waals surface area contributed by atoms with Gasteiger partial charge >= 0.3 is 0 Å². The first kappa shape index (κ1) is 16.8. The Balaban J connectivity index is 1.60. The number of amides is 2. The fraction of sp³-hybridized carbons (Fsp3) is 0.105. The average molecular weight is 383 g/mol. The van der Waals surface area contributed by atoms with Crippen molar-refractivity contribution in [3.63, 3.8) is 0 Å². The minimum atomic E-state index is -0.415. The molecule has 4 rings (SSSR count). The molecule has 2 heterocycles. The first-order chi connectivity index (χ1) is 12.5. The molecular formula is C19H13NO4S2. The predicted molar refractivity (Wildman–Crippen MR) is 103 cm³/mol. The third-order valence-corrected chi connectivity index (χ3v) is 5.29. The van der Waals surface area contributed by atoms with E-state index in [0.29, 0.717) is 22.0 Å². The van der Waals surface area contributed by atoms with Gasteiger partial charge in [0, 0.05) is 5.56 Å². The molecule has 0 unspecified atom stereocenters. The van der Waals surface area contributed by atoms with Gasteiger partial charge in [-0.25, -0.2) is 4.90 Å². The number of aryl methyl sites for hydroxylation is 1. The summed E-state index contributed by atoms with van der Waals surface area (Å²) in [5.74, 6) is 0.471. The number of benzene rings is 2. The van der Waals surface area contributed by atoms with E-state index in [1.165, 1.54) is 0 Å². The molecule has 5 nitrogen and oxygen atoms in total. The van der Waals surface area contributed by atoms with Crippen LogP contribution in [0.25, 0.3) is 6.08 Å². The number of carbonyl (C=O) groups is 2. The summed E-state index contributed by atoms with van der Waals surface area (Å²) in [6.45, 7) is 2.12. The van der Waals surface area contributed by atoms with Gasteiger partial charge in [0.1, 0.15) is 0 Å². The van der Waals surface area contributed by atoms with Crippen molar-refractivity contribution in [2.24, 2.45) is 0 Å². The highest BCUT2D eigenvalue weighted by atomic mass is 32.2. The van der Waals surface area contributed by atoms with Crippen molar-refractivity contribution in [3.8, 4) is 11.5 Å². The van der Waals surface area contributed by atoms with Gasteiger partial charge in [-0.2, -0.15) is 0 Å². The smallest absolute Gasteiger partial charge is 0.273 e. The first-order valence-electron chi connectivity index (χ1n) is 7.81. The molecule has 0 aromatic heterocycles. The molecule has 0 N–H and O–H groups in total. The van der Waals surface area contributed by atoms with Gasteiger partial charge in [-0.05, 0) is 42.8 Å². The average Bonchev–Trinajstić information content (AvgIpc) is 3.19. The van der Waals surface area contributed by atoms with E-state index in [2.05, 4.69) is 0 Å². The van der Waals surface area contributed by atoms with Crippen molar-refractivity contribution in [2.75, 3.05) is 6.79 Å². The second-order valence-corrected chi connectivity index (χ2v) is 7.48. The second kappa shape index (κ2) is 6.59. The van der Waals surface area contributed by atoms with Crippen LogP contribution in [0.5, 0.6) is 11.5 Å². The Labute approximate surface area is 159 Å². The number of hydrogen-bond acceptors (Lipinski definition) is 6. The second-order valence-electron chi connectivity index (χ2n) is 5.80. The number of nitrogens with zero attached hydrogens (tertiary/aromatic N) is 1. The van der Waals surface area contributed by atoms with Gasteiger partial charge in [0.15, 0.2) is 15.8 Å². The van der Waals surface area contributed by atoms with Gasteiger partial charge in [-0.1, -0.05) is 47.7 Å². The molecule has 1 fully saturated rings. The maximum Gasteiger partial charge on any atom is 0.273 e. The highest BCUT2D eigenvalue weighted by Crippen LogP contribution is 2.36. The molecule has 0 bridgehead atoms. The third-order valence-electron chi connectivity index (χ3n) is 3.99. The van der Waals surface area contributed by atoms with Crippen LogP contribution >= 0.6 is 24.0 Å². The molecule has 26 heavy (non-hydrogen) atoms. The molecule has 2 amide bonds. The van der Waals surface area contributed by atoms with Crippen LogP contribution in [-0.4, -0.2) is 27.8 Å². The van der Waals surface area contributed by atoms with Gasteiger partial charge in [0.25, 0.3) is 11.8 Å². The zero-order chi connectivity index (χ0) is 18.3. The van der Waals surface area contributed by atoms with Crippen molar-refractivity contribution < 1.29 is 19.1 Å². The van der Waals surface area contributed by atoms with Crippen LogP contribution in [0, 0.1) is 6.92 Å². The van der Waals surface area contributed by atoms with Crippen LogP contribution in [0.2, 0.25) is 0 Å². The summed E-state index contributed by atoms with van der Waals surface area (Å²) in [4.78, 5) is 26.8. The fourth-order valence-corrected chi connectivity index (χ4v) is 3.88. The predicted octanol–water partition coefficient (Wildman–Crippen LogP) is 3.77. The molecule has 0 aliphatic carbocycles. The minimum absolute atomic E-state index is 0.186. The van der Waals surface area contributed by atoms with Crippen LogP contribution in [-0.2, 0) is 4.79 Å². The van der Waals surface area contributed by atoms with Crippen LogP contribution in [0.1, 0.15) is 21.5 Å². The molecular weight excluding hydrogens is 370 g/mol. The van der Waals surface area contributed by atoms with Crippen molar-refractivity contribution >= 4 is 46.2 Å². The number of carbonyl (C=O) groups excluding carboxylic acids is 2. The molecule has 2 aliphatic heterocycles. The van der Waals surface area contributed by atoms with E-state index in [0.717, 1.165) is 27.8 Å². The van der Waals surface area contributed by atoms with Gasteiger partial charge in [-0.3, -0.25) is 9.59 Å². The molecule has 7 heteroatoms. The van der Waals surface area contributed by atoms with Gasteiger partial charge < -0.3 is 9.47 Å². The number of hydrogen-bond donors (Lipinski definition) is 0. The number of ether oxygens (including phenoxy) is 2. The van der Waals surface area contributed by atoms with Crippen molar-refractivity contribution in [3.05, 3.63) is 64.1 Å². The Hall–Kier alpha value is -2.64. The van der Waals surface area contributed by atoms with E-state index in [1.807, 2.05) is 25.1 Å². The van der Waals surface area contributed by atoms with Crippen molar-refractivity contribution in [1.29, 1.82) is 0 Å². The third kappa shape index (κ3) is 3.00. The largest absolute Gasteiger partial charge is 0.454 e.